The van der Waals surface area contributed by atoms with E-state index in [-0.39, 0.29) is 24.3 Å². The minimum atomic E-state index is -4.10. The molecule has 0 radical (unpaired) electrons. The van der Waals surface area contributed by atoms with Gasteiger partial charge in [-0.15, -0.1) is 0 Å². The average Bonchev–Trinajstić information content (AvgIpc) is 2.77. The molecule has 6 nitrogen and oxygen atoms in total. The molecule has 0 aromatic heterocycles. The van der Waals surface area contributed by atoms with E-state index in [1.807, 2.05) is 37.3 Å². The second-order valence-electron chi connectivity index (χ2n) is 6.58. The number of benzene rings is 2. The minimum absolute atomic E-state index is 0.0101. The molecule has 1 N–H and O–H groups in total. The van der Waals surface area contributed by atoms with Gasteiger partial charge in [-0.05, 0) is 37.5 Å². The fourth-order valence-corrected chi connectivity index (χ4v) is 4.07. The molecule has 1 heterocycles. The zero-order valence-electron chi connectivity index (χ0n) is 14.9. The van der Waals surface area contributed by atoms with Gasteiger partial charge in [-0.1, -0.05) is 48.0 Å². The molecule has 0 bridgehead atoms. The van der Waals surface area contributed by atoms with Crippen LogP contribution < -0.4 is 5.32 Å². The van der Waals surface area contributed by atoms with E-state index in [0.29, 0.717) is 0 Å². The van der Waals surface area contributed by atoms with Gasteiger partial charge in [-0.25, -0.2) is 0 Å². The van der Waals surface area contributed by atoms with E-state index in [1.54, 1.807) is 12.1 Å². The zero-order chi connectivity index (χ0) is 19.4. The summed E-state index contributed by atoms with van der Waals surface area (Å²) >= 11 is 0. The molecular weight excluding hydrogens is 366 g/mol. The van der Waals surface area contributed by atoms with E-state index in [9.17, 15) is 18.0 Å². The second kappa shape index (κ2) is 8.02. The fraction of sp³-hybridized carbons (Fsp3) is 0.300. The minimum Gasteiger partial charge on any atom is -0.355 e. The predicted octanol–water partition coefficient (Wildman–Crippen LogP) is 2.02. The SMILES string of the molecule is Cc1ccc(S(=O)(=O)OC2CCNC(=O)C(Cc3ccccc3)C2=O)cc1. The van der Waals surface area contributed by atoms with E-state index in [0.717, 1.165) is 11.1 Å². The molecule has 3 rings (SSSR count). The first-order chi connectivity index (χ1) is 12.9. The molecule has 2 unspecified atom stereocenters. The lowest BCUT2D eigenvalue weighted by Gasteiger charge is -2.18. The number of nitrogens with one attached hydrogen (secondary N) is 1. The Balaban J connectivity index is 1.81. The number of hydrogen-bond acceptors (Lipinski definition) is 5. The Kier molecular flexibility index (Phi) is 5.72. The topological polar surface area (TPSA) is 89.5 Å². The van der Waals surface area contributed by atoms with Crippen LogP contribution in [0, 0.1) is 12.8 Å². The number of aryl methyl sites for hydroxylation is 1. The Bertz CT molecular complexity index is 923. The third kappa shape index (κ3) is 4.61. The van der Waals surface area contributed by atoms with Gasteiger partial charge >= 0.3 is 0 Å². The van der Waals surface area contributed by atoms with Crippen molar-refractivity contribution in [3.05, 3.63) is 65.7 Å². The van der Waals surface area contributed by atoms with E-state index in [4.69, 9.17) is 4.18 Å². The Morgan fingerprint density at radius 2 is 1.70 bits per heavy atom. The van der Waals surface area contributed by atoms with Crippen molar-refractivity contribution in [1.29, 1.82) is 0 Å². The highest BCUT2D eigenvalue weighted by atomic mass is 32.2. The maximum atomic E-state index is 12.9. The summed E-state index contributed by atoms with van der Waals surface area (Å²) in [5, 5.41) is 2.67. The van der Waals surface area contributed by atoms with Crippen LogP contribution in [0.2, 0.25) is 0 Å². The first kappa shape index (κ1) is 19.3. The highest BCUT2D eigenvalue weighted by Crippen LogP contribution is 2.22. The third-order valence-electron chi connectivity index (χ3n) is 4.52. The highest BCUT2D eigenvalue weighted by Gasteiger charge is 2.38. The second-order valence-corrected chi connectivity index (χ2v) is 8.15. The quantitative estimate of drug-likeness (QED) is 0.626. The lowest BCUT2D eigenvalue weighted by Crippen LogP contribution is -2.37. The molecule has 1 saturated heterocycles. The van der Waals surface area contributed by atoms with Crippen molar-refractivity contribution >= 4 is 21.8 Å². The molecule has 1 fully saturated rings. The van der Waals surface area contributed by atoms with Crippen molar-refractivity contribution in [3.63, 3.8) is 0 Å². The van der Waals surface area contributed by atoms with Crippen molar-refractivity contribution in [3.8, 4) is 0 Å². The van der Waals surface area contributed by atoms with E-state index < -0.39 is 33.8 Å². The Morgan fingerprint density at radius 3 is 2.37 bits per heavy atom. The Morgan fingerprint density at radius 1 is 1.04 bits per heavy atom. The van der Waals surface area contributed by atoms with Crippen molar-refractivity contribution in [1.82, 2.24) is 5.32 Å². The maximum Gasteiger partial charge on any atom is 0.297 e. The number of rotatable bonds is 5. The number of carbonyl (C=O) groups is 2. The monoisotopic (exact) mass is 387 g/mol. The molecule has 2 atom stereocenters. The van der Waals surface area contributed by atoms with Crippen LogP contribution in [0.1, 0.15) is 17.5 Å². The summed E-state index contributed by atoms with van der Waals surface area (Å²) < 4.78 is 30.3. The first-order valence-electron chi connectivity index (χ1n) is 8.72. The van der Waals surface area contributed by atoms with Gasteiger partial charge in [0.15, 0.2) is 5.78 Å². The van der Waals surface area contributed by atoms with Gasteiger partial charge in [-0.2, -0.15) is 8.42 Å². The standard InChI is InChI=1S/C20H21NO5S/c1-14-7-9-16(10-8-14)27(24,25)26-18-11-12-21-20(23)17(19(18)22)13-15-5-3-2-4-6-15/h2-10,17-18H,11-13H2,1H3,(H,21,23). The van der Waals surface area contributed by atoms with Crippen LogP contribution in [-0.2, 0) is 30.3 Å². The lowest BCUT2D eigenvalue weighted by molar-refractivity contribution is -0.136. The van der Waals surface area contributed by atoms with Crippen molar-refractivity contribution in [2.24, 2.45) is 5.92 Å². The molecule has 142 valence electrons. The molecule has 0 saturated carbocycles. The summed E-state index contributed by atoms with van der Waals surface area (Å²) in [6, 6.07) is 15.3. The first-order valence-corrected chi connectivity index (χ1v) is 10.1. The van der Waals surface area contributed by atoms with E-state index in [2.05, 4.69) is 5.32 Å². The van der Waals surface area contributed by atoms with Crippen LogP contribution in [0.5, 0.6) is 0 Å². The van der Waals surface area contributed by atoms with Gasteiger partial charge in [0.05, 0.1) is 4.90 Å². The molecule has 27 heavy (non-hydrogen) atoms. The molecule has 1 aliphatic rings. The van der Waals surface area contributed by atoms with Gasteiger partial charge in [0, 0.05) is 6.54 Å². The van der Waals surface area contributed by atoms with Crippen molar-refractivity contribution < 1.29 is 22.2 Å². The molecule has 7 heteroatoms. The Hall–Kier alpha value is -2.51. The number of carbonyl (C=O) groups excluding carboxylic acids is 2. The molecule has 1 aliphatic heterocycles. The van der Waals surface area contributed by atoms with E-state index in [1.165, 1.54) is 12.1 Å². The Labute approximate surface area is 158 Å². The maximum absolute atomic E-state index is 12.9. The lowest BCUT2D eigenvalue weighted by atomic mass is 9.92. The van der Waals surface area contributed by atoms with Gasteiger partial charge < -0.3 is 5.32 Å². The molecule has 2 aromatic rings. The van der Waals surface area contributed by atoms with Gasteiger partial charge in [0.1, 0.15) is 12.0 Å². The molecule has 0 spiro atoms. The van der Waals surface area contributed by atoms with Gasteiger partial charge in [0.25, 0.3) is 10.1 Å². The van der Waals surface area contributed by atoms with Crippen molar-refractivity contribution in [2.75, 3.05) is 6.54 Å². The largest absolute Gasteiger partial charge is 0.355 e. The van der Waals surface area contributed by atoms with Crippen LogP contribution >= 0.6 is 0 Å². The number of Topliss-reactive ketones (excluding diaryl/α,β-unsaturated/α-hetero) is 1. The number of amides is 1. The molecule has 1 amide bonds. The fourth-order valence-electron chi connectivity index (χ4n) is 3.00. The van der Waals surface area contributed by atoms with Crippen LogP contribution in [0.15, 0.2) is 59.5 Å². The van der Waals surface area contributed by atoms with Crippen molar-refractivity contribution in [2.45, 2.75) is 30.8 Å². The summed E-state index contributed by atoms with van der Waals surface area (Å²) in [7, 11) is -4.10. The predicted molar refractivity (Wildman–Crippen MR) is 99.5 cm³/mol. The summed E-state index contributed by atoms with van der Waals surface area (Å²) in [6.07, 6.45) is -0.874. The zero-order valence-corrected chi connectivity index (χ0v) is 15.7. The van der Waals surface area contributed by atoms with Crippen LogP contribution in [-0.4, -0.2) is 32.8 Å². The average molecular weight is 387 g/mol. The summed E-state index contributed by atoms with van der Waals surface area (Å²) in [4.78, 5) is 25.2. The van der Waals surface area contributed by atoms with Gasteiger partial charge in [-0.3, -0.25) is 13.8 Å². The van der Waals surface area contributed by atoms with E-state index >= 15 is 0 Å². The molecule has 0 aliphatic carbocycles. The number of ketones is 1. The normalized spacial score (nSPS) is 20.8. The highest BCUT2D eigenvalue weighted by molar-refractivity contribution is 7.86. The molecular formula is C20H21NO5S. The smallest absolute Gasteiger partial charge is 0.297 e. The third-order valence-corrected chi connectivity index (χ3v) is 5.85. The summed E-state index contributed by atoms with van der Waals surface area (Å²) in [5.41, 5.74) is 1.74. The van der Waals surface area contributed by atoms with Crippen LogP contribution in [0.25, 0.3) is 0 Å². The molecule has 2 aromatic carbocycles. The van der Waals surface area contributed by atoms with Crippen LogP contribution in [0.4, 0.5) is 0 Å². The number of hydrogen-bond donors (Lipinski definition) is 1. The van der Waals surface area contributed by atoms with Crippen LogP contribution in [0.3, 0.4) is 0 Å². The summed E-state index contributed by atoms with van der Waals surface area (Å²) in [5.74, 6) is -1.89. The van der Waals surface area contributed by atoms with Gasteiger partial charge in [0.2, 0.25) is 5.91 Å². The summed E-state index contributed by atoms with van der Waals surface area (Å²) in [6.45, 7) is 2.03.